The molecule has 0 fully saturated rings. The van der Waals surface area contributed by atoms with Crippen molar-refractivity contribution in [1.82, 2.24) is 0 Å². The molecule has 3 N–H and O–H groups in total. The van der Waals surface area contributed by atoms with Gasteiger partial charge in [0.15, 0.2) is 0 Å². The van der Waals surface area contributed by atoms with E-state index in [9.17, 15) is 0 Å². The largest absolute Gasteiger partial charge is 0.394 e. The molecule has 0 radical (unpaired) electrons. The molecule has 1 unspecified atom stereocenters. The van der Waals surface area contributed by atoms with Crippen molar-refractivity contribution in [2.45, 2.75) is 13.0 Å². The zero-order chi connectivity index (χ0) is 9.14. The van der Waals surface area contributed by atoms with Crippen LogP contribution in [0.4, 0.5) is 0 Å². The highest BCUT2D eigenvalue weighted by Crippen LogP contribution is 2.18. The Morgan fingerprint density at radius 2 is 2.17 bits per heavy atom. The molecule has 1 aromatic rings. The Balaban J connectivity index is 3.00. The van der Waals surface area contributed by atoms with Crippen LogP contribution in [0.1, 0.15) is 17.2 Å². The van der Waals surface area contributed by atoms with E-state index in [1.165, 1.54) is 0 Å². The fourth-order valence-corrected chi connectivity index (χ4v) is 1.38. The van der Waals surface area contributed by atoms with E-state index in [-0.39, 0.29) is 12.6 Å². The van der Waals surface area contributed by atoms with Gasteiger partial charge in [0.1, 0.15) is 0 Å². The van der Waals surface area contributed by atoms with E-state index < -0.39 is 0 Å². The van der Waals surface area contributed by atoms with Crippen LogP contribution in [0.3, 0.4) is 0 Å². The lowest BCUT2D eigenvalue weighted by Crippen LogP contribution is -2.14. The minimum Gasteiger partial charge on any atom is -0.394 e. The van der Waals surface area contributed by atoms with Crippen LogP contribution in [0.25, 0.3) is 0 Å². The van der Waals surface area contributed by atoms with Crippen LogP contribution in [0, 0.1) is 6.92 Å². The van der Waals surface area contributed by atoms with Gasteiger partial charge < -0.3 is 10.8 Å². The first-order valence-corrected chi connectivity index (χ1v) is 4.15. The smallest absolute Gasteiger partial charge is 0.0624 e. The van der Waals surface area contributed by atoms with Gasteiger partial charge in [0.25, 0.3) is 0 Å². The lowest BCUT2D eigenvalue weighted by molar-refractivity contribution is 0.268. The predicted octanol–water partition coefficient (Wildman–Crippen LogP) is 1.64. The highest BCUT2D eigenvalue weighted by molar-refractivity contribution is 6.30. The van der Waals surface area contributed by atoms with Crippen molar-refractivity contribution < 1.29 is 5.11 Å². The molecule has 0 aliphatic heterocycles. The number of aryl methyl sites for hydroxylation is 1. The van der Waals surface area contributed by atoms with Crippen molar-refractivity contribution in [3.63, 3.8) is 0 Å². The molecular weight excluding hydrogens is 174 g/mol. The Morgan fingerprint density at radius 1 is 1.50 bits per heavy atom. The SMILES string of the molecule is Cc1cc(Cl)cc(C(N)CO)c1. The highest BCUT2D eigenvalue weighted by Gasteiger charge is 2.04. The zero-order valence-corrected chi connectivity index (χ0v) is 7.67. The van der Waals surface area contributed by atoms with Gasteiger partial charge in [-0.05, 0) is 30.2 Å². The molecule has 0 bridgehead atoms. The van der Waals surface area contributed by atoms with Crippen molar-refractivity contribution in [3.05, 3.63) is 34.3 Å². The van der Waals surface area contributed by atoms with Gasteiger partial charge in [-0.1, -0.05) is 17.7 Å². The number of benzene rings is 1. The molecule has 1 atom stereocenters. The first-order valence-electron chi connectivity index (χ1n) is 3.77. The van der Waals surface area contributed by atoms with E-state index in [0.29, 0.717) is 5.02 Å². The normalized spacial score (nSPS) is 13.0. The Bertz CT molecular complexity index is 255. The molecule has 1 rings (SSSR count). The molecule has 0 aliphatic rings. The summed E-state index contributed by atoms with van der Waals surface area (Å²) in [6.45, 7) is 1.89. The maximum absolute atomic E-state index is 8.80. The second-order valence-electron chi connectivity index (χ2n) is 2.85. The van der Waals surface area contributed by atoms with E-state index in [1.807, 2.05) is 19.1 Å². The fourth-order valence-electron chi connectivity index (χ4n) is 1.08. The number of hydrogen-bond acceptors (Lipinski definition) is 2. The summed E-state index contributed by atoms with van der Waals surface area (Å²) in [4.78, 5) is 0. The molecule has 0 saturated carbocycles. The second-order valence-corrected chi connectivity index (χ2v) is 3.29. The van der Waals surface area contributed by atoms with Gasteiger partial charge in [0.2, 0.25) is 0 Å². The van der Waals surface area contributed by atoms with Crippen LogP contribution in [0.5, 0.6) is 0 Å². The molecule has 66 valence electrons. The predicted molar refractivity (Wildman–Crippen MR) is 50.2 cm³/mol. The van der Waals surface area contributed by atoms with E-state index >= 15 is 0 Å². The van der Waals surface area contributed by atoms with Gasteiger partial charge in [0.05, 0.1) is 12.6 Å². The summed E-state index contributed by atoms with van der Waals surface area (Å²) in [6, 6.07) is 5.22. The van der Waals surface area contributed by atoms with Crippen LogP contribution < -0.4 is 5.73 Å². The molecule has 0 heterocycles. The van der Waals surface area contributed by atoms with E-state index in [0.717, 1.165) is 11.1 Å². The standard InChI is InChI=1S/C9H12ClNO/c1-6-2-7(9(11)5-12)4-8(10)3-6/h2-4,9,12H,5,11H2,1H3. The number of hydrogen-bond donors (Lipinski definition) is 2. The van der Waals surface area contributed by atoms with Crippen LogP contribution in [-0.4, -0.2) is 11.7 Å². The maximum Gasteiger partial charge on any atom is 0.0624 e. The molecule has 0 aromatic heterocycles. The van der Waals surface area contributed by atoms with Gasteiger partial charge in [-0.2, -0.15) is 0 Å². The molecule has 2 nitrogen and oxygen atoms in total. The summed E-state index contributed by atoms with van der Waals surface area (Å²) < 4.78 is 0. The molecular formula is C9H12ClNO. The Kier molecular flexibility index (Phi) is 3.09. The molecule has 1 aromatic carbocycles. The highest BCUT2D eigenvalue weighted by atomic mass is 35.5. The minimum atomic E-state index is -0.331. The van der Waals surface area contributed by atoms with Gasteiger partial charge in [0, 0.05) is 5.02 Å². The third-order valence-electron chi connectivity index (χ3n) is 1.69. The monoisotopic (exact) mass is 185 g/mol. The molecule has 0 saturated heterocycles. The summed E-state index contributed by atoms with van der Waals surface area (Å²) in [5.41, 5.74) is 7.56. The number of aliphatic hydroxyl groups excluding tert-OH is 1. The Morgan fingerprint density at radius 3 is 2.67 bits per heavy atom. The van der Waals surface area contributed by atoms with Gasteiger partial charge in [-0.3, -0.25) is 0 Å². The summed E-state index contributed by atoms with van der Waals surface area (Å²) in [5, 5.41) is 9.46. The first kappa shape index (κ1) is 9.52. The first-order chi connectivity index (χ1) is 5.63. The van der Waals surface area contributed by atoms with Crippen LogP contribution in [-0.2, 0) is 0 Å². The number of aliphatic hydroxyl groups is 1. The molecule has 0 spiro atoms. The van der Waals surface area contributed by atoms with Gasteiger partial charge >= 0.3 is 0 Å². The molecule has 0 amide bonds. The quantitative estimate of drug-likeness (QED) is 0.736. The summed E-state index contributed by atoms with van der Waals surface area (Å²) in [6.07, 6.45) is 0. The third kappa shape index (κ3) is 2.21. The summed E-state index contributed by atoms with van der Waals surface area (Å²) in [5.74, 6) is 0. The molecule has 3 heteroatoms. The van der Waals surface area contributed by atoms with Gasteiger partial charge in [-0.25, -0.2) is 0 Å². The summed E-state index contributed by atoms with van der Waals surface area (Å²) in [7, 11) is 0. The van der Waals surface area contributed by atoms with Crippen LogP contribution in [0.2, 0.25) is 5.02 Å². The van der Waals surface area contributed by atoms with Crippen molar-refractivity contribution in [1.29, 1.82) is 0 Å². The maximum atomic E-state index is 8.80. The number of nitrogens with two attached hydrogens (primary N) is 1. The average molecular weight is 186 g/mol. The zero-order valence-electron chi connectivity index (χ0n) is 6.92. The Labute approximate surface area is 77.0 Å². The van der Waals surface area contributed by atoms with E-state index in [4.69, 9.17) is 22.4 Å². The van der Waals surface area contributed by atoms with Crippen molar-refractivity contribution in [2.24, 2.45) is 5.73 Å². The number of rotatable bonds is 2. The molecule has 12 heavy (non-hydrogen) atoms. The van der Waals surface area contributed by atoms with E-state index in [1.54, 1.807) is 6.07 Å². The van der Waals surface area contributed by atoms with Crippen molar-refractivity contribution >= 4 is 11.6 Å². The van der Waals surface area contributed by atoms with Crippen LogP contribution >= 0.6 is 11.6 Å². The van der Waals surface area contributed by atoms with Crippen LogP contribution in [0.15, 0.2) is 18.2 Å². The molecule has 0 aliphatic carbocycles. The summed E-state index contributed by atoms with van der Waals surface area (Å²) >= 11 is 5.81. The lowest BCUT2D eigenvalue weighted by atomic mass is 10.1. The fraction of sp³-hybridized carbons (Fsp3) is 0.333. The average Bonchev–Trinajstić information content (AvgIpc) is 2.01. The Hall–Kier alpha value is -0.570. The topological polar surface area (TPSA) is 46.2 Å². The van der Waals surface area contributed by atoms with Crippen molar-refractivity contribution in [2.75, 3.05) is 6.61 Å². The van der Waals surface area contributed by atoms with Crippen molar-refractivity contribution in [3.8, 4) is 0 Å². The minimum absolute atomic E-state index is 0.0558. The van der Waals surface area contributed by atoms with Gasteiger partial charge in [-0.15, -0.1) is 0 Å². The second kappa shape index (κ2) is 3.90. The van der Waals surface area contributed by atoms with E-state index in [2.05, 4.69) is 0 Å². The third-order valence-corrected chi connectivity index (χ3v) is 1.91. The number of halogens is 1. The lowest BCUT2D eigenvalue weighted by Gasteiger charge is -2.09.